The summed E-state index contributed by atoms with van der Waals surface area (Å²) in [6.45, 7) is 5.22. The van der Waals surface area contributed by atoms with Crippen LogP contribution in [0, 0.1) is 19.7 Å². The summed E-state index contributed by atoms with van der Waals surface area (Å²) in [7, 11) is 0. The van der Waals surface area contributed by atoms with Gasteiger partial charge in [0.1, 0.15) is 5.82 Å². The molecular formula is C24H23FN4S. The van der Waals surface area contributed by atoms with E-state index in [9.17, 15) is 4.39 Å². The minimum Gasteiger partial charge on any atom is -0.358 e. The highest BCUT2D eigenvalue weighted by atomic mass is 32.1. The van der Waals surface area contributed by atoms with E-state index >= 15 is 0 Å². The minimum absolute atomic E-state index is 0.246. The summed E-state index contributed by atoms with van der Waals surface area (Å²) in [5.74, 6) is -0.246. The molecule has 0 aliphatic carbocycles. The number of fused-ring (bicyclic) bond motifs is 1. The number of nitrogens with zero attached hydrogens (tertiary/aromatic N) is 2. The molecule has 30 heavy (non-hydrogen) atoms. The highest BCUT2D eigenvalue weighted by Crippen LogP contribution is 2.23. The number of hydrogen-bond donors (Lipinski definition) is 2. The first-order chi connectivity index (χ1) is 14.5. The van der Waals surface area contributed by atoms with Crippen molar-refractivity contribution >= 4 is 33.8 Å². The molecule has 2 N–H and O–H groups in total. The van der Waals surface area contributed by atoms with E-state index in [0.717, 1.165) is 22.6 Å². The number of hydrogen-bond acceptors (Lipinski definition) is 2. The van der Waals surface area contributed by atoms with E-state index in [1.54, 1.807) is 12.1 Å². The largest absolute Gasteiger partial charge is 0.358 e. The van der Waals surface area contributed by atoms with Gasteiger partial charge < -0.3 is 10.6 Å². The van der Waals surface area contributed by atoms with Gasteiger partial charge in [0.05, 0.1) is 23.6 Å². The van der Waals surface area contributed by atoms with Gasteiger partial charge in [-0.3, -0.25) is 4.68 Å². The molecule has 4 nitrogen and oxygen atoms in total. The number of benzene rings is 3. The number of aryl methyl sites for hydroxylation is 1. The van der Waals surface area contributed by atoms with Crippen molar-refractivity contribution < 1.29 is 4.39 Å². The van der Waals surface area contributed by atoms with E-state index in [1.165, 1.54) is 28.5 Å². The van der Waals surface area contributed by atoms with E-state index in [-0.39, 0.29) is 5.82 Å². The van der Waals surface area contributed by atoms with Gasteiger partial charge in [-0.05, 0) is 60.1 Å². The Kier molecular flexibility index (Phi) is 5.77. The van der Waals surface area contributed by atoms with Gasteiger partial charge in [0.25, 0.3) is 0 Å². The first kappa shape index (κ1) is 20.0. The number of thiocarbonyl (C=S) groups is 1. The van der Waals surface area contributed by atoms with E-state index in [4.69, 9.17) is 17.3 Å². The third-order valence-corrected chi connectivity index (χ3v) is 5.43. The first-order valence-electron chi connectivity index (χ1n) is 9.81. The number of aromatic nitrogens is 2. The van der Waals surface area contributed by atoms with Gasteiger partial charge in [-0.25, -0.2) is 4.39 Å². The summed E-state index contributed by atoms with van der Waals surface area (Å²) in [5.41, 5.74) is 5.00. The molecule has 4 aromatic rings. The Morgan fingerprint density at radius 2 is 1.73 bits per heavy atom. The molecule has 0 saturated carbocycles. The lowest BCUT2D eigenvalue weighted by atomic mass is 10.0. The highest BCUT2D eigenvalue weighted by Gasteiger charge is 2.14. The van der Waals surface area contributed by atoms with Gasteiger partial charge in [0.2, 0.25) is 0 Å². The molecule has 0 amide bonds. The summed E-state index contributed by atoms with van der Waals surface area (Å²) in [6, 6.07) is 21.1. The van der Waals surface area contributed by atoms with Crippen LogP contribution in [0.1, 0.15) is 22.5 Å². The Bertz CT molecular complexity index is 1190. The second kappa shape index (κ2) is 8.63. The molecule has 0 bridgehead atoms. The number of rotatable bonds is 5. The zero-order valence-corrected chi connectivity index (χ0v) is 17.8. The topological polar surface area (TPSA) is 41.9 Å². The van der Waals surface area contributed by atoms with E-state index < -0.39 is 0 Å². The molecule has 0 aliphatic heterocycles. The van der Waals surface area contributed by atoms with Crippen molar-refractivity contribution in [1.29, 1.82) is 0 Å². The molecule has 6 heteroatoms. The molecule has 0 unspecified atom stereocenters. The summed E-state index contributed by atoms with van der Waals surface area (Å²) in [4.78, 5) is 0. The van der Waals surface area contributed by atoms with Crippen LogP contribution in [0.3, 0.4) is 0 Å². The number of nitrogens with one attached hydrogen (secondary N) is 2. The smallest absolute Gasteiger partial charge is 0.171 e. The Hall–Kier alpha value is -3.25. The van der Waals surface area contributed by atoms with Crippen molar-refractivity contribution in [3.8, 4) is 0 Å². The van der Waals surface area contributed by atoms with Gasteiger partial charge in [-0.2, -0.15) is 5.10 Å². The second-order valence-corrected chi connectivity index (χ2v) is 7.68. The van der Waals surface area contributed by atoms with Crippen LogP contribution in [-0.2, 0) is 13.1 Å². The van der Waals surface area contributed by atoms with Crippen molar-refractivity contribution in [2.45, 2.75) is 26.9 Å². The molecule has 0 atom stereocenters. The molecule has 1 aromatic heterocycles. The van der Waals surface area contributed by atoms with Crippen molar-refractivity contribution in [1.82, 2.24) is 15.1 Å². The fourth-order valence-corrected chi connectivity index (χ4v) is 3.74. The van der Waals surface area contributed by atoms with Crippen LogP contribution in [0.25, 0.3) is 10.8 Å². The molecule has 152 valence electrons. The average molecular weight is 419 g/mol. The summed E-state index contributed by atoms with van der Waals surface area (Å²) < 4.78 is 15.0. The van der Waals surface area contributed by atoms with Crippen LogP contribution in [0.4, 0.5) is 10.1 Å². The first-order valence-corrected chi connectivity index (χ1v) is 10.2. The van der Waals surface area contributed by atoms with E-state index in [1.807, 2.05) is 18.5 Å². The lowest BCUT2D eigenvalue weighted by molar-refractivity contribution is 0.627. The second-order valence-electron chi connectivity index (χ2n) is 7.28. The van der Waals surface area contributed by atoms with Crippen LogP contribution in [0.2, 0.25) is 0 Å². The zero-order valence-electron chi connectivity index (χ0n) is 16.9. The molecule has 0 spiro atoms. The Balaban J connectivity index is 1.47. The van der Waals surface area contributed by atoms with Crippen LogP contribution in [-0.4, -0.2) is 14.9 Å². The maximum Gasteiger partial charge on any atom is 0.171 e. The number of anilines is 1. The van der Waals surface area contributed by atoms with Gasteiger partial charge in [0, 0.05) is 6.54 Å². The van der Waals surface area contributed by atoms with Gasteiger partial charge in [-0.15, -0.1) is 0 Å². The van der Waals surface area contributed by atoms with Crippen molar-refractivity contribution in [3.63, 3.8) is 0 Å². The normalized spacial score (nSPS) is 10.9. The van der Waals surface area contributed by atoms with Crippen LogP contribution in [0.15, 0.2) is 66.7 Å². The molecule has 0 saturated heterocycles. The summed E-state index contributed by atoms with van der Waals surface area (Å²) in [5, 5.41) is 14.1. The predicted octanol–water partition coefficient (Wildman–Crippen LogP) is 5.33. The van der Waals surface area contributed by atoms with Gasteiger partial charge in [-0.1, -0.05) is 54.6 Å². The quantitative estimate of drug-likeness (QED) is 0.430. The van der Waals surface area contributed by atoms with Crippen LogP contribution >= 0.6 is 12.2 Å². The average Bonchev–Trinajstić information content (AvgIpc) is 3.01. The van der Waals surface area contributed by atoms with Crippen molar-refractivity contribution in [3.05, 3.63) is 95.1 Å². The van der Waals surface area contributed by atoms with Gasteiger partial charge in [0.15, 0.2) is 5.11 Å². The van der Waals surface area contributed by atoms with Crippen LogP contribution in [0.5, 0.6) is 0 Å². The predicted molar refractivity (Wildman–Crippen MR) is 124 cm³/mol. The Labute approximate surface area is 180 Å². The van der Waals surface area contributed by atoms with Crippen molar-refractivity contribution in [2.24, 2.45) is 0 Å². The van der Waals surface area contributed by atoms with E-state index in [2.05, 4.69) is 53.1 Å². The maximum atomic E-state index is 13.0. The van der Waals surface area contributed by atoms with Crippen molar-refractivity contribution in [2.75, 3.05) is 5.32 Å². The monoisotopic (exact) mass is 418 g/mol. The standard InChI is InChI=1S/C24H23FN4S/c1-16-23(27-24(30)26-14-18-10-12-21(25)13-11-18)17(2)29(28-16)15-20-8-5-7-19-6-3-4-9-22(19)20/h3-13H,14-15H2,1-2H3,(H2,26,27,30). The summed E-state index contributed by atoms with van der Waals surface area (Å²) >= 11 is 5.45. The third kappa shape index (κ3) is 4.33. The van der Waals surface area contributed by atoms with E-state index in [0.29, 0.717) is 18.2 Å². The lowest BCUT2D eigenvalue weighted by Crippen LogP contribution is -2.28. The van der Waals surface area contributed by atoms with Gasteiger partial charge >= 0.3 is 0 Å². The molecule has 1 heterocycles. The van der Waals surface area contributed by atoms with Crippen LogP contribution < -0.4 is 10.6 Å². The zero-order chi connectivity index (χ0) is 21.1. The Morgan fingerprint density at radius 1 is 1.00 bits per heavy atom. The molecule has 3 aromatic carbocycles. The molecular weight excluding hydrogens is 395 g/mol. The summed E-state index contributed by atoms with van der Waals surface area (Å²) in [6.07, 6.45) is 0. The SMILES string of the molecule is Cc1nn(Cc2cccc3ccccc23)c(C)c1NC(=S)NCc1ccc(F)cc1. The fourth-order valence-electron chi connectivity index (χ4n) is 3.57. The molecule has 0 aliphatic rings. The minimum atomic E-state index is -0.246. The molecule has 4 rings (SSSR count). The number of halogens is 1. The fraction of sp³-hybridized carbons (Fsp3) is 0.167. The molecule has 0 fully saturated rings. The maximum absolute atomic E-state index is 13.0. The lowest BCUT2D eigenvalue weighted by Gasteiger charge is -2.12. The highest BCUT2D eigenvalue weighted by molar-refractivity contribution is 7.80. The third-order valence-electron chi connectivity index (χ3n) is 5.19. The Morgan fingerprint density at radius 3 is 2.53 bits per heavy atom. The molecule has 0 radical (unpaired) electrons.